The molecular formula is C15H14BrClN2O2. The summed E-state index contributed by atoms with van der Waals surface area (Å²) in [4.78, 5) is 12.1. The Morgan fingerprint density at radius 1 is 1.33 bits per heavy atom. The standard InChI is InChI=1S/C15H14BrClN2O2/c1-9(21-12-4-2-3-10(16)7-12)15(20)19-11-5-6-13(17)14(18)8-11/h2-9H,18H2,1H3,(H,19,20). The topological polar surface area (TPSA) is 64.3 Å². The summed E-state index contributed by atoms with van der Waals surface area (Å²) in [6, 6.07) is 12.2. The van der Waals surface area contributed by atoms with Gasteiger partial charge in [-0.05, 0) is 43.3 Å². The zero-order valence-corrected chi connectivity index (χ0v) is 13.6. The molecule has 0 aliphatic rings. The van der Waals surface area contributed by atoms with Crippen LogP contribution in [0.3, 0.4) is 0 Å². The summed E-state index contributed by atoms with van der Waals surface area (Å²) >= 11 is 9.19. The molecule has 1 amide bonds. The number of halogens is 2. The summed E-state index contributed by atoms with van der Waals surface area (Å²) < 4.78 is 6.47. The molecule has 110 valence electrons. The molecule has 0 radical (unpaired) electrons. The van der Waals surface area contributed by atoms with Crippen molar-refractivity contribution in [3.63, 3.8) is 0 Å². The number of carbonyl (C=O) groups excluding carboxylic acids is 1. The number of nitrogen functional groups attached to an aromatic ring is 1. The van der Waals surface area contributed by atoms with Crippen LogP contribution in [0.1, 0.15) is 6.92 Å². The van der Waals surface area contributed by atoms with E-state index in [0.717, 1.165) is 4.47 Å². The molecule has 4 nitrogen and oxygen atoms in total. The third-order valence-corrected chi connectivity index (χ3v) is 3.58. The average molecular weight is 370 g/mol. The van der Waals surface area contributed by atoms with Crippen LogP contribution in [0.5, 0.6) is 5.75 Å². The van der Waals surface area contributed by atoms with Gasteiger partial charge in [-0.2, -0.15) is 0 Å². The SMILES string of the molecule is CC(Oc1cccc(Br)c1)C(=O)Nc1ccc(Cl)c(N)c1. The van der Waals surface area contributed by atoms with E-state index in [9.17, 15) is 4.79 Å². The van der Waals surface area contributed by atoms with E-state index in [4.69, 9.17) is 22.1 Å². The van der Waals surface area contributed by atoms with Crippen LogP contribution in [-0.2, 0) is 4.79 Å². The Morgan fingerprint density at radius 2 is 2.10 bits per heavy atom. The van der Waals surface area contributed by atoms with Crippen LogP contribution >= 0.6 is 27.5 Å². The van der Waals surface area contributed by atoms with Crippen molar-refractivity contribution in [2.45, 2.75) is 13.0 Å². The molecule has 1 atom stereocenters. The molecule has 0 spiro atoms. The Kier molecular flexibility index (Phi) is 5.09. The van der Waals surface area contributed by atoms with Gasteiger partial charge in [0.15, 0.2) is 6.10 Å². The Labute approximate surface area is 136 Å². The number of carbonyl (C=O) groups is 1. The molecule has 2 rings (SSSR count). The quantitative estimate of drug-likeness (QED) is 0.798. The first kappa shape index (κ1) is 15.7. The van der Waals surface area contributed by atoms with Crippen LogP contribution in [0.4, 0.5) is 11.4 Å². The van der Waals surface area contributed by atoms with E-state index in [-0.39, 0.29) is 5.91 Å². The minimum atomic E-state index is -0.642. The van der Waals surface area contributed by atoms with E-state index in [0.29, 0.717) is 22.1 Å². The molecule has 6 heteroatoms. The molecular weight excluding hydrogens is 356 g/mol. The van der Waals surface area contributed by atoms with Crippen LogP contribution in [-0.4, -0.2) is 12.0 Å². The third kappa shape index (κ3) is 4.37. The molecule has 3 N–H and O–H groups in total. The van der Waals surface area contributed by atoms with Gasteiger partial charge in [-0.3, -0.25) is 4.79 Å². The second-order valence-corrected chi connectivity index (χ2v) is 5.77. The molecule has 2 aromatic rings. The van der Waals surface area contributed by atoms with Gasteiger partial charge in [0, 0.05) is 10.2 Å². The number of nitrogens with one attached hydrogen (secondary N) is 1. The van der Waals surface area contributed by atoms with Crippen molar-refractivity contribution in [3.05, 3.63) is 52.0 Å². The van der Waals surface area contributed by atoms with E-state index >= 15 is 0 Å². The Morgan fingerprint density at radius 3 is 2.76 bits per heavy atom. The minimum absolute atomic E-state index is 0.267. The number of benzene rings is 2. The Balaban J connectivity index is 2.00. The fourth-order valence-corrected chi connectivity index (χ4v) is 2.16. The lowest BCUT2D eigenvalue weighted by molar-refractivity contribution is -0.122. The predicted octanol–water partition coefficient (Wildman–Crippen LogP) is 4.09. The molecule has 0 saturated carbocycles. The number of hydrogen-bond donors (Lipinski definition) is 2. The van der Waals surface area contributed by atoms with E-state index < -0.39 is 6.10 Å². The van der Waals surface area contributed by atoms with Crippen molar-refractivity contribution in [2.24, 2.45) is 0 Å². The number of nitrogens with two attached hydrogens (primary N) is 1. The summed E-state index contributed by atoms with van der Waals surface area (Å²) in [6.45, 7) is 1.68. The first-order chi connectivity index (χ1) is 9.95. The molecule has 0 bridgehead atoms. The number of rotatable bonds is 4. The lowest BCUT2D eigenvalue weighted by Gasteiger charge is -2.15. The lowest BCUT2D eigenvalue weighted by atomic mass is 10.2. The molecule has 0 fully saturated rings. The van der Waals surface area contributed by atoms with Crippen molar-refractivity contribution >= 4 is 44.8 Å². The highest BCUT2D eigenvalue weighted by Crippen LogP contribution is 2.23. The van der Waals surface area contributed by atoms with E-state index in [2.05, 4.69) is 21.2 Å². The molecule has 1 unspecified atom stereocenters. The van der Waals surface area contributed by atoms with Crippen molar-refractivity contribution in [2.75, 3.05) is 11.1 Å². The summed E-state index contributed by atoms with van der Waals surface area (Å²) in [5.74, 6) is 0.347. The summed E-state index contributed by atoms with van der Waals surface area (Å²) in [7, 11) is 0. The van der Waals surface area contributed by atoms with E-state index in [1.165, 1.54) is 0 Å². The molecule has 2 aromatic carbocycles. The van der Waals surface area contributed by atoms with Crippen molar-refractivity contribution in [1.29, 1.82) is 0 Å². The largest absolute Gasteiger partial charge is 0.481 e. The van der Waals surface area contributed by atoms with Crippen molar-refractivity contribution in [1.82, 2.24) is 0 Å². The van der Waals surface area contributed by atoms with Gasteiger partial charge >= 0.3 is 0 Å². The normalized spacial score (nSPS) is 11.8. The maximum Gasteiger partial charge on any atom is 0.265 e. The Hall–Kier alpha value is -1.72. The molecule has 0 aromatic heterocycles. The van der Waals surface area contributed by atoms with Gasteiger partial charge < -0.3 is 15.8 Å². The van der Waals surface area contributed by atoms with Crippen LogP contribution in [0.2, 0.25) is 5.02 Å². The average Bonchev–Trinajstić information content (AvgIpc) is 2.43. The number of amides is 1. The van der Waals surface area contributed by atoms with E-state index in [1.807, 2.05) is 12.1 Å². The third-order valence-electron chi connectivity index (χ3n) is 2.74. The smallest absolute Gasteiger partial charge is 0.265 e. The summed E-state index contributed by atoms with van der Waals surface area (Å²) in [5, 5.41) is 3.18. The maximum absolute atomic E-state index is 12.1. The number of anilines is 2. The van der Waals surface area contributed by atoms with Crippen LogP contribution < -0.4 is 15.8 Å². The summed E-state index contributed by atoms with van der Waals surface area (Å²) in [5.41, 5.74) is 6.68. The molecule has 0 aliphatic carbocycles. The molecule has 0 aliphatic heterocycles. The second-order valence-electron chi connectivity index (χ2n) is 4.44. The highest BCUT2D eigenvalue weighted by Gasteiger charge is 2.15. The van der Waals surface area contributed by atoms with Crippen molar-refractivity contribution in [3.8, 4) is 5.75 Å². The second kappa shape index (κ2) is 6.83. The lowest BCUT2D eigenvalue weighted by Crippen LogP contribution is -2.30. The minimum Gasteiger partial charge on any atom is -0.481 e. The van der Waals surface area contributed by atoms with Gasteiger partial charge in [0.2, 0.25) is 0 Å². The van der Waals surface area contributed by atoms with Gasteiger partial charge in [0.05, 0.1) is 10.7 Å². The van der Waals surface area contributed by atoms with Crippen LogP contribution in [0.25, 0.3) is 0 Å². The van der Waals surface area contributed by atoms with Gasteiger partial charge in [-0.15, -0.1) is 0 Å². The van der Waals surface area contributed by atoms with Gasteiger partial charge in [0.25, 0.3) is 5.91 Å². The van der Waals surface area contributed by atoms with Crippen LogP contribution in [0, 0.1) is 0 Å². The number of hydrogen-bond acceptors (Lipinski definition) is 3. The van der Waals surface area contributed by atoms with E-state index in [1.54, 1.807) is 37.3 Å². The monoisotopic (exact) mass is 368 g/mol. The molecule has 21 heavy (non-hydrogen) atoms. The fraction of sp³-hybridized carbons (Fsp3) is 0.133. The number of ether oxygens (including phenoxy) is 1. The summed E-state index contributed by atoms with van der Waals surface area (Å²) in [6.07, 6.45) is -0.642. The first-order valence-corrected chi connectivity index (χ1v) is 7.41. The first-order valence-electron chi connectivity index (χ1n) is 6.24. The molecule has 0 saturated heterocycles. The van der Waals surface area contributed by atoms with Gasteiger partial charge in [-0.1, -0.05) is 33.6 Å². The van der Waals surface area contributed by atoms with Crippen LogP contribution in [0.15, 0.2) is 46.9 Å². The highest BCUT2D eigenvalue weighted by molar-refractivity contribution is 9.10. The highest BCUT2D eigenvalue weighted by atomic mass is 79.9. The maximum atomic E-state index is 12.1. The van der Waals surface area contributed by atoms with Gasteiger partial charge in [0.1, 0.15) is 5.75 Å². The fourth-order valence-electron chi connectivity index (χ4n) is 1.66. The predicted molar refractivity (Wildman–Crippen MR) is 88.7 cm³/mol. The zero-order valence-electron chi connectivity index (χ0n) is 11.3. The Bertz CT molecular complexity index is 664. The zero-order chi connectivity index (χ0) is 15.4. The molecule has 0 heterocycles. The van der Waals surface area contributed by atoms with Gasteiger partial charge in [-0.25, -0.2) is 0 Å². The van der Waals surface area contributed by atoms with Crippen molar-refractivity contribution < 1.29 is 9.53 Å².